The van der Waals surface area contributed by atoms with E-state index in [9.17, 15) is 0 Å². The van der Waals surface area contributed by atoms with Crippen molar-refractivity contribution >= 4 is 64.1 Å². The molecule has 210 valence electrons. The smallest absolute Gasteiger partial charge is 0.147 e. The molecule has 0 bridgehead atoms. The highest BCUT2D eigenvalue weighted by Gasteiger charge is 2.23. The number of aryl methyl sites for hydroxylation is 1. The van der Waals surface area contributed by atoms with E-state index in [4.69, 9.17) is 9.10 Å². The van der Waals surface area contributed by atoms with Gasteiger partial charge in [0.1, 0.15) is 5.82 Å². The van der Waals surface area contributed by atoms with Crippen molar-refractivity contribution in [1.29, 1.82) is 0 Å². The van der Waals surface area contributed by atoms with E-state index in [1.54, 1.807) is 12.1 Å². The first-order valence-corrected chi connectivity index (χ1v) is 15.8. The molecule has 0 radical (unpaired) electrons. The van der Waals surface area contributed by atoms with Gasteiger partial charge < -0.3 is 0 Å². The van der Waals surface area contributed by atoms with Gasteiger partial charge in [-0.25, -0.2) is 4.98 Å². The number of nitrogens with zero attached hydrogens (tertiary/aromatic N) is 2. The van der Waals surface area contributed by atoms with Crippen LogP contribution in [-0.2, 0) is 0 Å². The number of thiophene rings is 1. The second kappa shape index (κ2) is 9.79. The third-order valence-corrected chi connectivity index (χ3v) is 10.0. The molecular weight excluding hydrogens is 541 g/mol. The summed E-state index contributed by atoms with van der Waals surface area (Å²) in [7, 11) is 0. The number of imidazole rings is 1. The third-order valence-electron chi connectivity index (χ3n) is 8.82. The summed E-state index contributed by atoms with van der Waals surface area (Å²) in [5.41, 5.74) is 7.46. The van der Waals surface area contributed by atoms with Crippen molar-refractivity contribution in [1.82, 2.24) is 9.55 Å². The van der Waals surface area contributed by atoms with Gasteiger partial charge in [-0.05, 0) is 81.7 Å². The predicted octanol–water partition coefficient (Wildman–Crippen LogP) is 11.9. The number of rotatable bonds is 4. The van der Waals surface area contributed by atoms with E-state index in [1.165, 1.54) is 37.0 Å². The van der Waals surface area contributed by atoms with Crippen molar-refractivity contribution in [3.63, 3.8) is 0 Å². The zero-order valence-electron chi connectivity index (χ0n) is 27.8. The van der Waals surface area contributed by atoms with Crippen LogP contribution in [0.3, 0.4) is 0 Å². The summed E-state index contributed by atoms with van der Waals surface area (Å²) >= 11 is 1.82. The van der Waals surface area contributed by atoms with Crippen LogP contribution in [0.15, 0.2) is 103 Å². The Kier molecular flexibility index (Phi) is 5.25. The molecule has 0 aliphatic carbocycles. The minimum absolute atomic E-state index is 0.348. The van der Waals surface area contributed by atoms with Crippen molar-refractivity contribution in [2.45, 2.75) is 46.4 Å². The van der Waals surface area contributed by atoms with Crippen molar-refractivity contribution < 1.29 is 4.11 Å². The minimum atomic E-state index is -2.13. The average Bonchev–Trinajstić information content (AvgIpc) is 3.60. The van der Waals surface area contributed by atoms with Gasteiger partial charge in [-0.15, -0.1) is 11.3 Å². The molecule has 0 aliphatic heterocycles. The summed E-state index contributed by atoms with van der Waals surface area (Å²) in [5, 5.41) is 6.70. The van der Waals surface area contributed by atoms with Crippen LogP contribution in [0.25, 0.3) is 69.8 Å². The summed E-state index contributed by atoms with van der Waals surface area (Å²) in [6.45, 7) is 6.95. The highest BCUT2D eigenvalue weighted by molar-refractivity contribution is 7.26. The van der Waals surface area contributed by atoms with Gasteiger partial charge in [-0.1, -0.05) is 106 Å². The fourth-order valence-electron chi connectivity index (χ4n) is 6.74. The molecule has 0 aliphatic rings. The molecule has 0 atom stereocenters. The van der Waals surface area contributed by atoms with Crippen LogP contribution in [0, 0.1) is 6.85 Å². The fourth-order valence-corrected chi connectivity index (χ4v) is 7.98. The topological polar surface area (TPSA) is 17.8 Å². The molecule has 0 unspecified atom stereocenters. The summed E-state index contributed by atoms with van der Waals surface area (Å²) in [4.78, 5) is 5.33. The summed E-state index contributed by atoms with van der Waals surface area (Å²) in [6.07, 6.45) is 0. The van der Waals surface area contributed by atoms with Crippen molar-refractivity contribution in [3.8, 4) is 17.1 Å². The Hall–Kier alpha value is -4.47. The Balaban J connectivity index is 1.42. The minimum Gasteiger partial charge on any atom is -0.292 e. The number of fused-ring (bicyclic) bond motifs is 7. The second-order valence-corrected chi connectivity index (χ2v) is 13.3. The van der Waals surface area contributed by atoms with Crippen molar-refractivity contribution in [2.24, 2.45) is 0 Å². The summed E-state index contributed by atoms with van der Waals surface area (Å²) < 4.78 is 28.5. The molecule has 2 nitrogen and oxygen atoms in total. The van der Waals surface area contributed by atoms with Gasteiger partial charge in [0.2, 0.25) is 0 Å². The zero-order valence-corrected chi connectivity index (χ0v) is 25.6. The lowest BCUT2D eigenvalue weighted by Crippen LogP contribution is -2.08. The largest absolute Gasteiger partial charge is 0.292 e. The van der Waals surface area contributed by atoms with Gasteiger partial charge in [0.25, 0.3) is 0 Å². The number of para-hydroxylation sites is 3. The zero-order chi connectivity index (χ0) is 31.9. The van der Waals surface area contributed by atoms with Crippen LogP contribution in [-0.4, -0.2) is 9.55 Å². The van der Waals surface area contributed by atoms with Gasteiger partial charge in [-0.3, -0.25) is 4.57 Å². The molecule has 0 N–H and O–H groups in total. The molecule has 43 heavy (non-hydrogen) atoms. The third kappa shape index (κ3) is 4.02. The predicted molar refractivity (Wildman–Crippen MR) is 187 cm³/mol. The fraction of sp³-hybridized carbons (Fsp3) is 0.175. The Morgan fingerprint density at radius 3 is 2.19 bits per heavy atom. The first kappa shape index (κ1) is 23.0. The van der Waals surface area contributed by atoms with Crippen LogP contribution in [0.2, 0.25) is 0 Å². The molecule has 0 saturated heterocycles. The Morgan fingerprint density at radius 2 is 1.42 bits per heavy atom. The standard InChI is InChI=1S/C40H34N2S/c1-23(2)28-10-8-11-29(24(3)4)38(28)42-36-15-7-6-14-35(36)41-40(42)32-13-9-12-31-34-22-33-27(21-37(34)43-39(31)32)18-17-26-20-25(5)16-19-30(26)33/h6-24H,1-5H3/i5D3. The van der Waals surface area contributed by atoms with Crippen molar-refractivity contribution in [2.75, 3.05) is 0 Å². The molecule has 2 heterocycles. The van der Waals surface area contributed by atoms with Gasteiger partial charge in [0.05, 0.1) is 16.7 Å². The Morgan fingerprint density at radius 1 is 0.674 bits per heavy atom. The van der Waals surface area contributed by atoms with Gasteiger partial charge in [0, 0.05) is 29.8 Å². The second-order valence-electron chi connectivity index (χ2n) is 12.2. The van der Waals surface area contributed by atoms with Gasteiger partial charge in [-0.2, -0.15) is 0 Å². The Labute approximate surface area is 260 Å². The van der Waals surface area contributed by atoms with E-state index >= 15 is 0 Å². The number of benzene rings is 6. The molecule has 0 fully saturated rings. The SMILES string of the molecule is [2H]C([2H])([2H])c1ccc2c(ccc3cc4sc5c(-c6nc7ccccc7n6-c6c(C(C)C)cccc6C(C)C)cccc5c4cc32)c1. The normalized spacial score (nSPS) is 13.6. The maximum absolute atomic E-state index is 7.88. The number of hydrogen-bond donors (Lipinski definition) is 0. The van der Waals surface area contributed by atoms with Crippen LogP contribution in [0.1, 0.15) is 60.3 Å². The van der Waals surface area contributed by atoms with Crippen LogP contribution in [0.5, 0.6) is 0 Å². The molecule has 2 aromatic heterocycles. The quantitative estimate of drug-likeness (QED) is 0.190. The van der Waals surface area contributed by atoms with Crippen LogP contribution >= 0.6 is 11.3 Å². The van der Waals surface area contributed by atoms with Crippen molar-refractivity contribution in [3.05, 3.63) is 120 Å². The van der Waals surface area contributed by atoms with E-state index in [0.29, 0.717) is 17.4 Å². The van der Waals surface area contributed by atoms with E-state index in [0.717, 1.165) is 44.0 Å². The highest BCUT2D eigenvalue weighted by Crippen LogP contribution is 2.44. The molecule has 0 saturated carbocycles. The summed E-state index contributed by atoms with van der Waals surface area (Å²) in [5.74, 6) is 1.66. The first-order chi connectivity index (χ1) is 22.1. The van der Waals surface area contributed by atoms with E-state index in [1.807, 2.05) is 23.5 Å². The molecule has 3 heteroatoms. The molecule has 8 rings (SSSR count). The molecule has 0 spiro atoms. The molecule has 8 aromatic rings. The van der Waals surface area contributed by atoms with E-state index < -0.39 is 6.85 Å². The maximum atomic E-state index is 7.88. The monoisotopic (exact) mass is 577 g/mol. The van der Waals surface area contributed by atoms with Crippen LogP contribution in [0.4, 0.5) is 0 Å². The lowest BCUT2D eigenvalue weighted by Gasteiger charge is -2.22. The summed E-state index contributed by atoms with van der Waals surface area (Å²) in [6, 6.07) is 36.0. The average molecular weight is 578 g/mol. The van der Waals surface area contributed by atoms with Crippen LogP contribution < -0.4 is 0 Å². The molecular formula is C40H34N2S. The van der Waals surface area contributed by atoms with Gasteiger partial charge in [0.15, 0.2) is 0 Å². The lowest BCUT2D eigenvalue weighted by atomic mass is 9.92. The molecule has 6 aromatic carbocycles. The number of hydrogen-bond acceptors (Lipinski definition) is 2. The maximum Gasteiger partial charge on any atom is 0.147 e. The highest BCUT2D eigenvalue weighted by atomic mass is 32.1. The van der Waals surface area contributed by atoms with E-state index in [-0.39, 0.29) is 0 Å². The lowest BCUT2D eigenvalue weighted by molar-refractivity contribution is 0.811. The molecule has 0 amide bonds. The first-order valence-electron chi connectivity index (χ1n) is 16.5. The number of aromatic nitrogens is 2. The van der Waals surface area contributed by atoms with E-state index in [2.05, 4.69) is 111 Å². The Bertz CT molecular complexity index is 2450. The van der Waals surface area contributed by atoms with Gasteiger partial charge >= 0.3 is 0 Å².